The van der Waals surface area contributed by atoms with E-state index >= 15 is 0 Å². The molecule has 0 saturated heterocycles. The van der Waals surface area contributed by atoms with Gasteiger partial charge in [0.05, 0.1) is 10.7 Å². The predicted octanol–water partition coefficient (Wildman–Crippen LogP) is 4.46. The van der Waals surface area contributed by atoms with Crippen LogP contribution in [0.2, 0.25) is 10.0 Å². The van der Waals surface area contributed by atoms with Crippen molar-refractivity contribution in [3.63, 3.8) is 0 Å². The van der Waals surface area contributed by atoms with Crippen LogP contribution in [-0.4, -0.2) is 15.7 Å². The van der Waals surface area contributed by atoms with Crippen molar-refractivity contribution in [2.45, 2.75) is 32.9 Å². The van der Waals surface area contributed by atoms with Crippen molar-refractivity contribution in [3.8, 4) is 11.6 Å². The van der Waals surface area contributed by atoms with Gasteiger partial charge in [0.2, 0.25) is 5.88 Å². The van der Waals surface area contributed by atoms with Crippen LogP contribution in [0.4, 0.5) is 0 Å². The maximum Gasteiger partial charge on any atom is 0.238 e. The molecule has 0 aliphatic carbocycles. The lowest BCUT2D eigenvalue weighted by molar-refractivity contribution is 0.416. The van der Waals surface area contributed by atoms with E-state index < -0.39 is 0 Å². The van der Waals surface area contributed by atoms with Crippen LogP contribution in [0.15, 0.2) is 30.3 Å². The maximum absolute atomic E-state index is 6.04. The first-order valence-corrected chi connectivity index (χ1v) is 7.30. The Bertz CT molecular complexity index is 609. The van der Waals surface area contributed by atoms with Crippen molar-refractivity contribution >= 4 is 23.2 Å². The van der Waals surface area contributed by atoms with Gasteiger partial charge in [0.1, 0.15) is 5.75 Å². The number of ether oxygens (including phenoxy) is 1. The second kappa shape index (κ2) is 6.60. The van der Waals surface area contributed by atoms with E-state index in [9.17, 15) is 0 Å². The molecule has 4 nitrogen and oxygen atoms in total. The second-order valence-electron chi connectivity index (χ2n) is 5.64. The van der Waals surface area contributed by atoms with E-state index in [-0.39, 0.29) is 5.54 Å². The third-order valence-electron chi connectivity index (χ3n) is 2.60. The standard InChI is InChI=1S/C15H17Cl2N3O/c1-15(2,3)18-9-11-5-7-14(20-19-11)21-13-8-10(16)4-6-12(13)17/h4-8,18H,9H2,1-3H3. The van der Waals surface area contributed by atoms with Crippen LogP contribution in [0.1, 0.15) is 26.5 Å². The summed E-state index contributed by atoms with van der Waals surface area (Å²) in [7, 11) is 0. The molecular weight excluding hydrogens is 309 g/mol. The zero-order valence-corrected chi connectivity index (χ0v) is 13.7. The van der Waals surface area contributed by atoms with Gasteiger partial charge in [-0.1, -0.05) is 23.2 Å². The highest BCUT2D eigenvalue weighted by atomic mass is 35.5. The summed E-state index contributed by atoms with van der Waals surface area (Å²) < 4.78 is 5.58. The minimum atomic E-state index is 0.0329. The Hall–Kier alpha value is -1.36. The van der Waals surface area contributed by atoms with E-state index in [4.69, 9.17) is 27.9 Å². The van der Waals surface area contributed by atoms with Crippen LogP contribution >= 0.6 is 23.2 Å². The van der Waals surface area contributed by atoms with Crippen molar-refractivity contribution in [1.29, 1.82) is 0 Å². The average molecular weight is 326 g/mol. The molecular formula is C15H17Cl2N3O. The van der Waals surface area contributed by atoms with Gasteiger partial charge in [-0.15, -0.1) is 5.10 Å². The summed E-state index contributed by atoms with van der Waals surface area (Å²) in [5.41, 5.74) is 0.875. The number of hydrogen-bond acceptors (Lipinski definition) is 4. The molecule has 0 fully saturated rings. The van der Waals surface area contributed by atoms with Gasteiger partial charge < -0.3 is 10.1 Å². The Morgan fingerprint density at radius 3 is 2.48 bits per heavy atom. The lowest BCUT2D eigenvalue weighted by atomic mass is 10.1. The fourth-order valence-electron chi connectivity index (χ4n) is 1.52. The number of hydrogen-bond donors (Lipinski definition) is 1. The molecule has 0 atom stereocenters. The van der Waals surface area contributed by atoms with E-state index in [0.717, 1.165) is 5.69 Å². The molecule has 1 N–H and O–H groups in total. The number of rotatable bonds is 4. The third-order valence-corrected chi connectivity index (χ3v) is 3.15. The molecule has 2 aromatic rings. The first-order valence-electron chi connectivity index (χ1n) is 6.54. The zero-order chi connectivity index (χ0) is 15.5. The predicted molar refractivity (Wildman–Crippen MR) is 85.2 cm³/mol. The summed E-state index contributed by atoms with van der Waals surface area (Å²) in [4.78, 5) is 0. The zero-order valence-electron chi connectivity index (χ0n) is 12.2. The number of aromatic nitrogens is 2. The highest BCUT2D eigenvalue weighted by molar-refractivity contribution is 6.34. The smallest absolute Gasteiger partial charge is 0.238 e. The fourth-order valence-corrected chi connectivity index (χ4v) is 1.84. The molecule has 112 valence electrons. The average Bonchev–Trinajstić information content (AvgIpc) is 2.41. The van der Waals surface area contributed by atoms with Crippen LogP contribution in [0.5, 0.6) is 11.6 Å². The SMILES string of the molecule is CC(C)(C)NCc1ccc(Oc2cc(Cl)ccc2Cl)nn1. The fraction of sp³-hybridized carbons (Fsp3) is 0.333. The number of nitrogens with zero attached hydrogens (tertiary/aromatic N) is 2. The largest absolute Gasteiger partial charge is 0.436 e. The Kier molecular flexibility index (Phi) is 5.04. The Morgan fingerprint density at radius 1 is 1.10 bits per heavy atom. The van der Waals surface area contributed by atoms with Crippen molar-refractivity contribution < 1.29 is 4.74 Å². The molecule has 0 spiro atoms. The van der Waals surface area contributed by atoms with E-state index in [2.05, 4.69) is 36.3 Å². The van der Waals surface area contributed by atoms with E-state index in [1.54, 1.807) is 24.3 Å². The summed E-state index contributed by atoms with van der Waals surface area (Å²) in [5, 5.41) is 12.5. The summed E-state index contributed by atoms with van der Waals surface area (Å²) >= 11 is 11.9. The van der Waals surface area contributed by atoms with Crippen molar-refractivity contribution in [3.05, 3.63) is 46.1 Å². The van der Waals surface area contributed by atoms with Crippen molar-refractivity contribution in [2.24, 2.45) is 0 Å². The minimum absolute atomic E-state index is 0.0329. The Balaban J connectivity index is 2.04. The summed E-state index contributed by atoms with van der Waals surface area (Å²) in [5.74, 6) is 0.831. The van der Waals surface area contributed by atoms with Crippen molar-refractivity contribution in [1.82, 2.24) is 15.5 Å². The molecule has 2 rings (SSSR count). The first kappa shape index (κ1) is 16.0. The molecule has 1 heterocycles. The monoisotopic (exact) mass is 325 g/mol. The number of halogens is 2. The van der Waals surface area contributed by atoms with Crippen LogP contribution in [-0.2, 0) is 6.54 Å². The molecule has 0 amide bonds. The summed E-state index contributed by atoms with van der Waals surface area (Å²) in [6.45, 7) is 6.94. The normalized spacial score (nSPS) is 11.5. The van der Waals surface area contributed by atoms with E-state index in [0.29, 0.717) is 28.2 Å². The summed E-state index contributed by atoms with van der Waals surface area (Å²) in [6.07, 6.45) is 0. The molecule has 0 aliphatic heterocycles. The molecule has 0 saturated carbocycles. The minimum Gasteiger partial charge on any atom is -0.436 e. The van der Waals surface area contributed by atoms with Gasteiger partial charge in [0, 0.05) is 29.2 Å². The Labute approximate surface area is 134 Å². The van der Waals surface area contributed by atoms with Gasteiger partial charge in [0.25, 0.3) is 0 Å². The lowest BCUT2D eigenvalue weighted by Gasteiger charge is -2.19. The van der Waals surface area contributed by atoms with Gasteiger partial charge in [-0.2, -0.15) is 5.10 Å². The molecule has 0 bridgehead atoms. The number of nitrogens with one attached hydrogen (secondary N) is 1. The maximum atomic E-state index is 6.04. The van der Waals surface area contributed by atoms with Crippen molar-refractivity contribution in [2.75, 3.05) is 0 Å². The Morgan fingerprint density at radius 2 is 1.86 bits per heavy atom. The van der Waals surface area contributed by atoms with E-state index in [1.165, 1.54) is 0 Å². The number of benzene rings is 1. The lowest BCUT2D eigenvalue weighted by Crippen LogP contribution is -2.35. The molecule has 0 unspecified atom stereocenters. The van der Waals surface area contributed by atoms with Crippen LogP contribution < -0.4 is 10.1 Å². The molecule has 0 radical (unpaired) electrons. The van der Waals surface area contributed by atoms with Gasteiger partial charge >= 0.3 is 0 Å². The van der Waals surface area contributed by atoms with E-state index in [1.807, 2.05) is 6.07 Å². The molecule has 0 aliphatic rings. The van der Waals surface area contributed by atoms with Crippen LogP contribution in [0.25, 0.3) is 0 Å². The third kappa shape index (κ3) is 5.16. The first-order chi connectivity index (χ1) is 9.83. The topological polar surface area (TPSA) is 47.0 Å². The van der Waals surface area contributed by atoms with Crippen LogP contribution in [0.3, 0.4) is 0 Å². The molecule has 21 heavy (non-hydrogen) atoms. The van der Waals surface area contributed by atoms with Gasteiger partial charge in [0.15, 0.2) is 0 Å². The van der Waals surface area contributed by atoms with Gasteiger partial charge in [-0.3, -0.25) is 0 Å². The molecule has 6 heteroatoms. The van der Waals surface area contributed by atoms with Gasteiger partial charge in [-0.05, 0) is 39.0 Å². The molecule has 1 aromatic carbocycles. The quantitative estimate of drug-likeness (QED) is 0.901. The highest BCUT2D eigenvalue weighted by Gasteiger charge is 2.10. The van der Waals surface area contributed by atoms with Crippen LogP contribution in [0, 0.1) is 0 Å². The van der Waals surface area contributed by atoms with Gasteiger partial charge in [-0.25, -0.2) is 0 Å². The summed E-state index contributed by atoms with van der Waals surface area (Å²) in [6, 6.07) is 8.63. The highest BCUT2D eigenvalue weighted by Crippen LogP contribution is 2.30. The molecule has 1 aromatic heterocycles. The second-order valence-corrected chi connectivity index (χ2v) is 6.49.